The fourth-order valence-corrected chi connectivity index (χ4v) is 6.14. The van der Waals surface area contributed by atoms with Gasteiger partial charge in [-0.1, -0.05) is 23.7 Å². The van der Waals surface area contributed by atoms with Crippen LogP contribution in [0.3, 0.4) is 0 Å². The van der Waals surface area contributed by atoms with Crippen molar-refractivity contribution in [1.29, 1.82) is 0 Å². The van der Waals surface area contributed by atoms with E-state index in [4.69, 9.17) is 16.0 Å². The highest BCUT2D eigenvalue weighted by atomic mass is 35.5. The number of ketones is 2. The minimum atomic E-state index is -5.77. The van der Waals surface area contributed by atoms with Gasteiger partial charge >= 0.3 is 23.9 Å². The maximum atomic E-state index is 13.2. The molecule has 2 saturated heterocycles. The maximum absolute atomic E-state index is 13.2. The van der Waals surface area contributed by atoms with Crippen molar-refractivity contribution in [1.82, 2.24) is 24.8 Å². The molecule has 12 nitrogen and oxygen atoms in total. The molecule has 4 aromatic rings. The Hall–Kier alpha value is -5.23. The number of anilines is 6. The van der Waals surface area contributed by atoms with E-state index in [0.717, 1.165) is 68.1 Å². The number of hydrogen-bond donors (Lipinski definition) is 3. The van der Waals surface area contributed by atoms with Gasteiger partial charge in [0.1, 0.15) is 11.3 Å². The zero-order chi connectivity index (χ0) is 37.2. The first-order valence-corrected chi connectivity index (χ1v) is 16.3. The van der Waals surface area contributed by atoms with E-state index in [2.05, 4.69) is 54.0 Å². The zero-order valence-electron chi connectivity index (χ0n) is 26.9. The molecular formula is C33H29ClF6N8O4. The number of hydrogen-bond acceptors (Lipinski definition) is 11. The van der Waals surface area contributed by atoms with Crippen molar-refractivity contribution in [3.63, 3.8) is 0 Å². The minimum absolute atomic E-state index is 0.0803. The van der Waals surface area contributed by atoms with Gasteiger partial charge in [0, 0.05) is 42.7 Å². The topological polar surface area (TPSA) is 146 Å². The van der Waals surface area contributed by atoms with Gasteiger partial charge in [-0.15, -0.1) is 0 Å². The number of aryl methyl sites for hydroxylation is 2. The molecule has 6 bridgehead atoms. The van der Waals surface area contributed by atoms with Crippen LogP contribution in [0.5, 0.6) is 0 Å². The minimum Gasteiger partial charge on any atom is -0.431 e. The number of benzene rings is 2. The molecule has 2 aromatic carbocycles. The molecule has 3 N–H and O–H groups in total. The van der Waals surface area contributed by atoms with Gasteiger partial charge in [-0.05, 0) is 73.7 Å². The SMILES string of the molecule is O=C(C(=O)C(F)(F)F)C(F)(F)F.O=C(c1coc(Nc2ccc3cc2CCc2cccc(c2)Nc2ncc(Cl)c(n2)N3)n1)N1CCN2CCCC2C1. The lowest BCUT2D eigenvalue weighted by molar-refractivity contribution is -0.193. The molecule has 19 heteroatoms. The summed E-state index contributed by atoms with van der Waals surface area (Å²) in [4.78, 5) is 50.2. The van der Waals surface area contributed by atoms with E-state index in [0.29, 0.717) is 28.5 Å². The van der Waals surface area contributed by atoms with Gasteiger partial charge in [-0.3, -0.25) is 19.3 Å². The smallest absolute Gasteiger partial charge is 0.431 e. The lowest BCUT2D eigenvalue weighted by Gasteiger charge is -2.37. The van der Waals surface area contributed by atoms with Crippen LogP contribution in [0, 0.1) is 0 Å². The molecule has 2 fully saturated rings. The normalized spacial score (nSPS) is 17.1. The lowest BCUT2D eigenvalue weighted by Crippen LogP contribution is -2.52. The van der Waals surface area contributed by atoms with E-state index in [1.165, 1.54) is 18.2 Å². The van der Waals surface area contributed by atoms with Crippen LogP contribution in [0.1, 0.15) is 34.5 Å². The van der Waals surface area contributed by atoms with Gasteiger partial charge in [-0.2, -0.15) is 36.3 Å². The van der Waals surface area contributed by atoms with Crippen molar-refractivity contribution in [2.75, 3.05) is 42.1 Å². The van der Waals surface area contributed by atoms with E-state index in [1.807, 2.05) is 29.2 Å². The third-order valence-electron chi connectivity index (χ3n) is 8.54. The average Bonchev–Trinajstić information content (AvgIpc) is 3.78. The predicted molar refractivity (Wildman–Crippen MR) is 176 cm³/mol. The zero-order valence-corrected chi connectivity index (χ0v) is 27.7. The van der Waals surface area contributed by atoms with E-state index in [9.17, 15) is 40.7 Å². The first-order chi connectivity index (χ1) is 24.6. The Morgan fingerprint density at radius 1 is 0.904 bits per heavy atom. The molecule has 7 rings (SSSR count). The Bertz CT molecular complexity index is 1960. The molecule has 1 atom stereocenters. The van der Waals surface area contributed by atoms with Crippen LogP contribution >= 0.6 is 11.6 Å². The Morgan fingerprint density at radius 2 is 1.65 bits per heavy atom. The molecule has 0 aliphatic carbocycles. The number of carbonyl (C=O) groups is 3. The quantitative estimate of drug-likeness (QED) is 0.153. The summed E-state index contributed by atoms with van der Waals surface area (Å²) >= 11 is 6.40. The van der Waals surface area contributed by atoms with Gasteiger partial charge < -0.3 is 25.3 Å². The monoisotopic (exact) mass is 750 g/mol. The van der Waals surface area contributed by atoms with Crippen LogP contribution in [0.2, 0.25) is 5.02 Å². The first-order valence-electron chi connectivity index (χ1n) is 15.9. The van der Waals surface area contributed by atoms with Gasteiger partial charge in [0.15, 0.2) is 11.5 Å². The third-order valence-corrected chi connectivity index (χ3v) is 8.82. The summed E-state index contributed by atoms with van der Waals surface area (Å²) in [6.07, 6.45) is -4.59. The van der Waals surface area contributed by atoms with Crippen molar-refractivity contribution in [2.24, 2.45) is 0 Å². The number of halogens is 7. The Labute approximate surface area is 296 Å². The van der Waals surface area contributed by atoms with E-state index >= 15 is 0 Å². The van der Waals surface area contributed by atoms with Crippen LogP contribution < -0.4 is 16.0 Å². The van der Waals surface area contributed by atoms with E-state index < -0.39 is 23.9 Å². The number of alkyl halides is 6. The van der Waals surface area contributed by atoms with Crippen LogP contribution in [-0.4, -0.2) is 86.8 Å². The summed E-state index contributed by atoms with van der Waals surface area (Å²) < 4.78 is 72.7. The van der Waals surface area contributed by atoms with Crippen LogP contribution in [0.15, 0.2) is 59.3 Å². The molecule has 274 valence electrons. The fourth-order valence-electron chi connectivity index (χ4n) is 6.00. The average molecular weight is 751 g/mol. The van der Waals surface area contributed by atoms with Crippen LogP contribution in [0.4, 0.5) is 61.2 Å². The molecular weight excluding hydrogens is 722 g/mol. The largest absolute Gasteiger partial charge is 0.458 e. The summed E-state index contributed by atoms with van der Waals surface area (Å²) in [7, 11) is 0. The molecule has 0 saturated carbocycles. The Kier molecular flexibility index (Phi) is 10.4. The molecule has 0 spiro atoms. The number of aromatic nitrogens is 3. The molecule has 3 aliphatic heterocycles. The summed E-state index contributed by atoms with van der Waals surface area (Å²) in [5.41, 5.74) is 5.15. The van der Waals surface area contributed by atoms with Gasteiger partial charge in [0.25, 0.3) is 11.9 Å². The van der Waals surface area contributed by atoms with Crippen molar-refractivity contribution in [2.45, 2.75) is 44.1 Å². The number of oxazole rings is 1. The van der Waals surface area contributed by atoms with Crippen molar-refractivity contribution in [3.8, 4) is 0 Å². The number of nitrogens with zero attached hydrogens (tertiary/aromatic N) is 5. The number of piperazine rings is 1. The Balaban J connectivity index is 0.000000335. The number of fused-ring (bicyclic) bond motifs is 7. The molecule has 2 aromatic heterocycles. The second-order valence-electron chi connectivity index (χ2n) is 12.1. The molecule has 52 heavy (non-hydrogen) atoms. The lowest BCUT2D eigenvalue weighted by atomic mass is 10.0. The van der Waals surface area contributed by atoms with Crippen LogP contribution in [0.25, 0.3) is 0 Å². The highest BCUT2D eigenvalue weighted by Crippen LogP contribution is 2.31. The molecule has 1 unspecified atom stereocenters. The van der Waals surface area contributed by atoms with E-state index in [-0.39, 0.29) is 11.9 Å². The van der Waals surface area contributed by atoms with Crippen molar-refractivity contribution in [3.05, 3.63) is 76.8 Å². The second-order valence-corrected chi connectivity index (χ2v) is 12.5. The second kappa shape index (κ2) is 14.8. The van der Waals surface area contributed by atoms with Gasteiger partial charge in [0.2, 0.25) is 5.95 Å². The van der Waals surface area contributed by atoms with Crippen molar-refractivity contribution < 1.29 is 45.1 Å². The van der Waals surface area contributed by atoms with Crippen LogP contribution in [-0.2, 0) is 22.4 Å². The fraction of sp³-hybridized carbons (Fsp3) is 0.333. The molecule has 5 heterocycles. The van der Waals surface area contributed by atoms with E-state index in [1.54, 1.807) is 6.20 Å². The highest BCUT2D eigenvalue weighted by molar-refractivity contribution is 6.41. The predicted octanol–water partition coefficient (Wildman–Crippen LogP) is 6.62. The first kappa shape index (κ1) is 36.6. The Morgan fingerprint density at radius 3 is 2.40 bits per heavy atom. The number of rotatable bonds is 4. The standard InChI is InChI=1S/C29H29ClN8O2.C4F6O2/c30-23-15-31-28-33-20-4-1-3-18(13-20)6-7-19-14-21(32-26(23)36-28)8-9-24(19)34-29-35-25(17-40-29)27(39)38-12-11-37-10-2-5-22(37)16-38;5-3(6,7)1(11)2(12)4(8,9)10/h1,3-4,8-9,13-15,17,22H,2,5-7,10-12,16H2,(H,34,35)(H2,31,32,33,36);. The number of carbonyl (C=O) groups excluding carboxylic acids is 3. The maximum Gasteiger partial charge on any atom is 0.458 e. The summed E-state index contributed by atoms with van der Waals surface area (Å²) in [5, 5.41) is 10.3. The third kappa shape index (κ3) is 8.62. The highest BCUT2D eigenvalue weighted by Gasteiger charge is 2.54. The summed E-state index contributed by atoms with van der Waals surface area (Å²) in [5.74, 6) is -5.93. The molecule has 3 aliphatic rings. The summed E-state index contributed by atoms with van der Waals surface area (Å²) in [6, 6.07) is 14.9. The number of amides is 1. The van der Waals surface area contributed by atoms with Gasteiger partial charge in [0.05, 0.1) is 6.20 Å². The summed E-state index contributed by atoms with van der Waals surface area (Å²) in [6.45, 7) is 3.53. The molecule has 0 radical (unpaired) electrons. The number of nitrogens with one attached hydrogen (secondary N) is 3. The number of Topliss-reactive ketones (excluding diaryl/α,β-unsaturated/α-hetero) is 2. The van der Waals surface area contributed by atoms with Crippen molar-refractivity contribution >= 4 is 63.9 Å². The van der Waals surface area contributed by atoms with Gasteiger partial charge in [-0.25, -0.2) is 4.98 Å². The molecule has 1 amide bonds.